The van der Waals surface area contributed by atoms with Crippen molar-refractivity contribution in [3.8, 4) is 0 Å². The molecule has 2 aromatic rings. The van der Waals surface area contributed by atoms with Crippen LogP contribution in [0.1, 0.15) is 24.5 Å². The van der Waals surface area contributed by atoms with Crippen molar-refractivity contribution < 1.29 is 12.6 Å². The molecular formula is C19H22O3S. The summed E-state index contributed by atoms with van der Waals surface area (Å²) in [4.78, 5) is 0.204. The smallest absolute Gasteiger partial charge is 0.266 e. The van der Waals surface area contributed by atoms with Crippen molar-refractivity contribution in [2.75, 3.05) is 6.61 Å². The van der Waals surface area contributed by atoms with Gasteiger partial charge in [-0.15, -0.1) is 0 Å². The number of hydrogen-bond donors (Lipinski definition) is 0. The van der Waals surface area contributed by atoms with Crippen LogP contribution in [0.25, 0.3) is 6.08 Å². The lowest BCUT2D eigenvalue weighted by Crippen LogP contribution is -2.09. The van der Waals surface area contributed by atoms with Gasteiger partial charge in [0.1, 0.15) is 0 Å². The minimum absolute atomic E-state index is 0.177. The number of hydrogen-bond acceptors (Lipinski definition) is 3. The van der Waals surface area contributed by atoms with Gasteiger partial charge in [-0.1, -0.05) is 67.1 Å². The van der Waals surface area contributed by atoms with Gasteiger partial charge in [-0.3, -0.25) is 4.18 Å². The van der Waals surface area contributed by atoms with E-state index in [1.165, 1.54) is 0 Å². The first kappa shape index (κ1) is 17.4. The summed E-state index contributed by atoms with van der Waals surface area (Å²) in [6.07, 6.45) is 4.75. The van der Waals surface area contributed by atoms with E-state index in [1.54, 1.807) is 24.3 Å². The van der Waals surface area contributed by atoms with Crippen molar-refractivity contribution in [1.29, 1.82) is 0 Å². The maximum atomic E-state index is 12.1. The molecule has 122 valence electrons. The van der Waals surface area contributed by atoms with Gasteiger partial charge in [-0.25, -0.2) is 0 Å². The van der Waals surface area contributed by atoms with E-state index in [9.17, 15) is 8.42 Å². The van der Waals surface area contributed by atoms with Crippen LogP contribution >= 0.6 is 0 Å². The Bertz CT molecular complexity index is 732. The van der Waals surface area contributed by atoms with Crippen molar-refractivity contribution in [2.24, 2.45) is 5.92 Å². The van der Waals surface area contributed by atoms with Crippen LogP contribution in [0.4, 0.5) is 0 Å². The molecule has 3 nitrogen and oxygen atoms in total. The molecule has 0 aromatic heterocycles. The lowest BCUT2D eigenvalue weighted by atomic mass is 10.1. The number of rotatable bonds is 7. The summed E-state index contributed by atoms with van der Waals surface area (Å²) in [7, 11) is -3.66. The van der Waals surface area contributed by atoms with Gasteiger partial charge in [0.15, 0.2) is 0 Å². The molecule has 0 aliphatic carbocycles. The molecule has 0 N–H and O–H groups in total. The van der Waals surface area contributed by atoms with Crippen LogP contribution in [-0.2, 0) is 14.3 Å². The molecule has 0 spiro atoms. The summed E-state index contributed by atoms with van der Waals surface area (Å²) in [6.45, 7) is 4.13. The van der Waals surface area contributed by atoms with E-state index < -0.39 is 10.1 Å². The van der Waals surface area contributed by atoms with Gasteiger partial charge in [0.05, 0.1) is 11.5 Å². The average molecular weight is 330 g/mol. The first-order chi connectivity index (χ1) is 11.0. The van der Waals surface area contributed by atoms with Gasteiger partial charge in [0, 0.05) is 0 Å². The third-order valence-electron chi connectivity index (χ3n) is 3.54. The third kappa shape index (κ3) is 5.66. The number of allylic oxidation sites excluding steroid dienone is 1. The number of benzene rings is 2. The standard InChI is InChI=1S/C19H22O3S/c1-16-9-12-19(13-10-16)23(20,21)22-15-14-17(2)8-11-18-6-4-3-5-7-18/h3-13,17H,14-15H2,1-2H3. The second-order valence-electron chi connectivity index (χ2n) is 5.62. The molecule has 0 heterocycles. The highest BCUT2D eigenvalue weighted by Crippen LogP contribution is 2.15. The predicted molar refractivity (Wildman–Crippen MR) is 93.6 cm³/mol. The molecule has 2 aromatic carbocycles. The van der Waals surface area contributed by atoms with Crippen LogP contribution in [0.3, 0.4) is 0 Å². The summed E-state index contributed by atoms with van der Waals surface area (Å²) in [5.41, 5.74) is 2.15. The molecule has 1 atom stereocenters. The van der Waals surface area contributed by atoms with E-state index in [1.807, 2.05) is 50.3 Å². The lowest BCUT2D eigenvalue weighted by molar-refractivity contribution is 0.299. The summed E-state index contributed by atoms with van der Waals surface area (Å²) in [5, 5.41) is 0. The Hall–Kier alpha value is -1.91. The van der Waals surface area contributed by atoms with Crippen LogP contribution < -0.4 is 0 Å². The van der Waals surface area contributed by atoms with Crippen LogP contribution in [0.2, 0.25) is 0 Å². The molecule has 0 radical (unpaired) electrons. The lowest BCUT2D eigenvalue weighted by Gasteiger charge is -2.08. The molecule has 4 heteroatoms. The highest BCUT2D eigenvalue weighted by molar-refractivity contribution is 7.86. The fourth-order valence-corrected chi connectivity index (χ4v) is 2.97. The zero-order chi connectivity index (χ0) is 16.7. The molecule has 0 fully saturated rings. The topological polar surface area (TPSA) is 43.4 Å². The molecule has 0 aliphatic rings. The second-order valence-corrected chi connectivity index (χ2v) is 7.24. The summed E-state index contributed by atoms with van der Waals surface area (Å²) >= 11 is 0. The van der Waals surface area contributed by atoms with Gasteiger partial charge < -0.3 is 0 Å². The third-order valence-corrected chi connectivity index (χ3v) is 4.86. The SMILES string of the molecule is Cc1ccc(S(=O)(=O)OCCC(C)C=Cc2ccccc2)cc1. The van der Waals surface area contributed by atoms with Crippen molar-refractivity contribution in [3.05, 3.63) is 71.8 Å². The fraction of sp³-hybridized carbons (Fsp3) is 0.263. The fourth-order valence-electron chi connectivity index (χ4n) is 2.05. The highest BCUT2D eigenvalue weighted by atomic mass is 32.2. The maximum absolute atomic E-state index is 12.1. The van der Waals surface area contributed by atoms with Gasteiger partial charge in [-0.05, 0) is 37.0 Å². The van der Waals surface area contributed by atoms with Gasteiger partial charge in [-0.2, -0.15) is 8.42 Å². The highest BCUT2D eigenvalue weighted by Gasteiger charge is 2.14. The molecule has 23 heavy (non-hydrogen) atoms. The minimum Gasteiger partial charge on any atom is -0.266 e. The van der Waals surface area contributed by atoms with Crippen LogP contribution in [0, 0.1) is 12.8 Å². The molecular weight excluding hydrogens is 308 g/mol. The van der Waals surface area contributed by atoms with Crippen molar-refractivity contribution >= 4 is 16.2 Å². The largest absolute Gasteiger partial charge is 0.296 e. The van der Waals surface area contributed by atoms with Crippen LogP contribution in [0.5, 0.6) is 0 Å². The van der Waals surface area contributed by atoms with Crippen molar-refractivity contribution in [2.45, 2.75) is 25.2 Å². The maximum Gasteiger partial charge on any atom is 0.296 e. The minimum atomic E-state index is -3.66. The summed E-state index contributed by atoms with van der Waals surface area (Å²) < 4.78 is 29.2. The quantitative estimate of drug-likeness (QED) is 0.705. The first-order valence-electron chi connectivity index (χ1n) is 7.67. The Balaban J connectivity index is 1.84. The molecule has 1 unspecified atom stereocenters. The van der Waals surface area contributed by atoms with Crippen LogP contribution in [-0.4, -0.2) is 15.0 Å². The summed E-state index contributed by atoms with van der Waals surface area (Å²) in [5.74, 6) is 0.239. The van der Waals surface area contributed by atoms with Gasteiger partial charge >= 0.3 is 0 Å². The number of aryl methyl sites for hydroxylation is 1. The summed E-state index contributed by atoms with van der Waals surface area (Å²) in [6, 6.07) is 16.7. The molecule has 0 bridgehead atoms. The Kier molecular flexibility index (Phi) is 6.13. The predicted octanol–water partition coefficient (Wildman–Crippen LogP) is 4.44. The van der Waals surface area contributed by atoms with E-state index in [0.717, 1.165) is 11.1 Å². The Morgan fingerprint density at radius 3 is 2.35 bits per heavy atom. The van der Waals surface area contributed by atoms with E-state index in [4.69, 9.17) is 4.18 Å². The monoisotopic (exact) mass is 330 g/mol. The van der Waals surface area contributed by atoms with Gasteiger partial charge in [0.25, 0.3) is 10.1 Å². The molecule has 0 saturated carbocycles. The van der Waals surface area contributed by atoms with E-state index in [0.29, 0.717) is 6.42 Å². The molecule has 2 rings (SSSR count). The zero-order valence-corrected chi connectivity index (χ0v) is 14.3. The van der Waals surface area contributed by atoms with Gasteiger partial charge in [0.2, 0.25) is 0 Å². The van der Waals surface area contributed by atoms with Crippen LogP contribution in [0.15, 0.2) is 65.6 Å². The zero-order valence-electron chi connectivity index (χ0n) is 13.5. The Labute approximate surface area is 138 Å². The van der Waals surface area contributed by atoms with E-state index in [2.05, 4.69) is 6.08 Å². The molecule has 0 aliphatic heterocycles. The first-order valence-corrected chi connectivity index (χ1v) is 9.07. The molecule has 0 amide bonds. The average Bonchev–Trinajstić information content (AvgIpc) is 2.54. The normalized spacial score (nSPS) is 13.3. The Morgan fingerprint density at radius 2 is 1.70 bits per heavy atom. The Morgan fingerprint density at radius 1 is 1.04 bits per heavy atom. The molecule has 0 saturated heterocycles. The second kappa shape index (κ2) is 8.09. The van der Waals surface area contributed by atoms with Crippen molar-refractivity contribution in [1.82, 2.24) is 0 Å². The van der Waals surface area contributed by atoms with E-state index in [-0.39, 0.29) is 17.4 Å². The van der Waals surface area contributed by atoms with Crippen molar-refractivity contribution in [3.63, 3.8) is 0 Å². The van der Waals surface area contributed by atoms with E-state index >= 15 is 0 Å².